The van der Waals surface area contributed by atoms with Crippen molar-refractivity contribution in [3.63, 3.8) is 0 Å². The van der Waals surface area contributed by atoms with Crippen LogP contribution in [-0.4, -0.2) is 28.6 Å². The number of benzene rings is 2. The molecule has 0 radical (unpaired) electrons. The molecule has 2 aromatic carbocycles. The number of hydrogen-bond donors (Lipinski definition) is 2. The number of guanidine groups is 1. The molecule has 2 N–H and O–H groups in total. The van der Waals surface area contributed by atoms with E-state index in [1.54, 1.807) is 0 Å². The van der Waals surface area contributed by atoms with Crippen LogP contribution in [0.5, 0.6) is 0 Å². The van der Waals surface area contributed by atoms with Gasteiger partial charge in [0.1, 0.15) is 12.4 Å². The highest BCUT2D eigenvalue weighted by Crippen LogP contribution is 2.09. The van der Waals surface area contributed by atoms with E-state index in [1.165, 1.54) is 22.3 Å². The molecule has 0 amide bonds. The fourth-order valence-electron chi connectivity index (χ4n) is 3.45. The first-order valence-electron chi connectivity index (χ1n) is 10.3. The van der Waals surface area contributed by atoms with Gasteiger partial charge in [-0.2, -0.15) is 0 Å². The fourth-order valence-corrected chi connectivity index (χ4v) is 3.45. The second kappa shape index (κ2) is 12.4. The molecule has 0 atom stereocenters. The van der Waals surface area contributed by atoms with Gasteiger partial charge in [0, 0.05) is 32.0 Å². The minimum absolute atomic E-state index is 0. The SMILES string of the molecule is CCNC(=NCc1nccn1Cc1ccccc1)NCCc1cc(C)cc(C)c1.I. The lowest BCUT2D eigenvalue weighted by Gasteiger charge is -2.12. The zero-order chi connectivity index (χ0) is 20.5. The van der Waals surface area contributed by atoms with E-state index in [0.717, 1.165) is 37.8 Å². The lowest BCUT2D eigenvalue weighted by atomic mass is 10.1. The molecule has 0 aliphatic heterocycles. The average Bonchev–Trinajstić information content (AvgIpc) is 3.13. The summed E-state index contributed by atoms with van der Waals surface area (Å²) in [6.45, 7) is 9.39. The third kappa shape index (κ3) is 7.48. The normalized spacial score (nSPS) is 11.1. The Balaban J connectivity index is 0.00000320. The summed E-state index contributed by atoms with van der Waals surface area (Å²) in [5.74, 6) is 1.78. The molecule has 0 bridgehead atoms. The molecule has 0 fully saturated rings. The van der Waals surface area contributed by atoms with Crippen molar-refractivity contribution in [3.05, 3.63) is 89.0 Å². The number of imidazole rings is 1. The summed E-state index contributed by atoms with van der Waals surface area (Å²) >= 11 is 0. The maximum atomic E-state index is 4.74. The Labute approximate surface area is 197 Å². The van der Waals surface area contributed by atoms with E-state index >= 15 is 0 Å². The standard InChI is InChI=1S/C24H31N5.HI/c1-4-25-24(27-11-10-22-15-19(2)14-20(3)16-22)28-17-23-26-12-13-29(23)18-21-8-6-5-7-9-21;/h5-9,12-16H,4,10-11,17-18H2,1-3H3,(H2,25,27,28);1H. The molecule has 6 heteroatoms. The molecule has 3 aromatic rings. The molecule has 0 aliphatic carbocycles. The molecule has 30 heavy (non-hydrogen) atoms. The molecule has 0 spiro atoms. The molecule has 0 aliphatic rings. The Hall–Kier alpha value is -2.35. The van der Waals surface area contributed by atoms with E-state index < -0.39 is 0 Å². The summed E-state index contributed by atoms with van der Waals surface area (Å²) in [7, 11) is 0. The Morgan fingerprint density at radius 1 is 1.00 bits per heavy atom. The second-order valence-corrected chi connectivity index (χ2v) is 7.32. The van der Waals surface area contributed by atoms with Gasteiger partial charge in [0.25, 0.3) is 0 Å². The van der Waals surface area contributed by atoms with Crippen molar-refractivity contribution in [3.8, 4) is 0 Å². The maximum absolute atomic E-state index is 4.74. The van der Waals surface area contributed by atoms with E-state index in [9.17, 15) is 0 Å². The summed E-state index contributed by atoms with van der Waals surface area (Å²) in [4.78, 5) is 9.23. The molecule has 3 rings (SSSR count). The van der Waals surface area contributed by atoms with Crippen molar-refractivity contribution >= 4 is 29.9 Å². The van der Waals surface area contributed by atoms with Crippen LogP contribution >= 0.6 is 24.0 Å². The molecule has 160 valence electrons. The molecule has 1 aromatic heterocycles. The summed E-state index contributed by atoms with van der Waals surface area (Å²) in [5, 5.41) is 6.77. The summed E-state index contributed by atoms with van der Waals surface area (Å²) in [6, 6.07) is 17.1. The van der Waals surface area contributed by atoms with Gasteiger partial charge in [0.2, 0.25) is 0 Å². The van der Waals surface area contributed by atoms with Gasteiger partial charge in [0.15, 0.2) is 5.96 Å². The smallest absolute Gasteiger partial charge is 0.191 e. The zero-order valence-electron chi connectivity index (χ0n) is 18.1. The first kappa shape index (κ1) is 23.9. The highest BCUT2D eigenvalue weighted by atomic mass is 127. The largest absolute Gasteiger partial charge is 0.357 e. The summed E-state index contributed by atoms with van der Waals surface area (Å²) in [6.07, 6.45) is 4.82. The van der Waals surface area contributed by atoms with E-state index in [2.05, 4.69) is 83.4 Å². The van der Waals surface area contributed by atoms with Crippen LogP contribution in [0.2, 0.25) is 0 Å². The fraction of sp³-hybridized carbons (Fsp3) is 0.333. The van der Waals surface area contributed by atoms with Crippen molar-refractivity contribution < 1.29 is 0 Å². The first-order chi connectivity index (χ1) is 14.1. The van der Waals surface area contributed by atoms with E-state index in [4.69, 9.17) is 4.99 Å². The van der Waals surface area contributed by atoms with Crippen LogP contribution in [0, 0.1) is 13.8 Å². The van der Waals surface area contributed by atoms with Crippen LogP contribution in [0.4, 0.5) is 0 Å². The predicted octanol–water partition coefficient (Wildman–Crippen LogP) is 4.46. The van der Waals surface area contributed by atoms with Gasteiger partial charge in [-0.3, -0.25) is 0 Å². The molecule has 1 heterocycles. The van der Waals surface area contributed by atoms with E-state index in [-0.39, 0.29) is 24.0 Å². The summed E-state index contributed by atoms with van der Waals surface area (Å²) < 4.78 is 2.15. The first-order valence-corrected chi connectivity index (χ1v) is 10.3. The van der Waals surface area contributed by atoms with Gasteiger partial charge in [-0.25, -0.2) is 9.98 Å². The van der Waals surface area contributed by atoms with Gasteiger partial charge in [0.05, 0.1) is 0 Å². The molecule has 0 saturated carbocycles. The van der Waals surface area contributed by atoms with Gasteiger partial charge < -0.3 is 15.2 Å². The Morgan fingerprint density at radius 2 is 1.73 bits per heavy atom. The van der Waals surface area contributed by atoms with E-state index in [0.29, 0.717) is 6.54 Å². The second-order valence-electron chi connectivity index (χ2n) is 7.32. The lowest BCUT2D eigenvalue weighted by Crippen LogP contribution is -2.38. The quantitative estimate of drug-likeness (QED) is 0.264. The van der Waals surface area contributed by atoms with Crippen molar-refractivity contribution in [2.24, 2.45) is 4.99 Å². The number of rotatable bonds is 8. The van der Waals surface area contributed by atoms with Crippen LogP contribution in [0.15, 0.2) is 65.9 Å². The number of hydrogen-bond acceptors (Lipinski definition) is 2. The minimum atomic E-state index is 0. The monoisotopic (exact) mass is 517 g/mol. The van der Waals surface area contributed by atoms with Crippen molar-refractivity contribution in [2.45, 2.75) is 40.3 Å². The van der Waals surface area contributed by atoms with Crippen LogP contribution in [0.25, 0.3) is 0 Å². The van der Waals surface area contributed by atoms with Crippen molar-refractivity contribution in [1.82, 2.24) is 20.2 Å². The minimum Gasteiger partial charge on any atom is -0.357 e. The van der Waals surface area contributed by atoms with Gasteiger partial charge in [-0.05, 0) is 38.3 Å². The number of nitrogens with one attached hydrogen (secondary N) is 2. The number of aryl methyl sites for hydroxylation is 2. The zero-order valence-corrected chi connectivity index (χ0v) is 20.4. The molecular formula is C24H32IN5. The van der Waals surface area contributed by atoms with Gasteiger partial charge in [-0.15, -0.1) is 24.0 Å². The average molecular weight is 517 g/mol. The Bertz CT molecular complexity index is 914. The lowest BCUT2D eigenvalue weighted by molar-refractivity contribution is 0.716. The maximum Gasteiger partial charge on any atom is 0.191 e. The predicted molar refractivity (Wildman–Crippen MR) is 136 cm³/mol. The molecular weight excluding hydrogens is 485 g/mol. The molecule has 0 saturated heterocycles. The topological polar surface area (TPSA) is 54.2 Å². The van der Waals surface area contributed by atoms with Crippen LogP contribution in [-0.2, 0) is 19.5 Å². The number of aromatic nitrogens is 2. The highest BCUT2D eigenvalue weighted by molar-refractivity contribution is 14.0. The number of aliphatic imine (C=N–C) groups is 1. The molecule has 0 unspecified atom stereocenters. The Kier molecular flexibility index (Phi) is 9.86. The highest BCUT2D eigenvalue weighted by Gasteiger charge is 2.05. The van der Waals surface area contributed by atoms with Crippen LogP contribution < -0.4 is 10.6 Å². The van der Waals surface area contributed by atoms with E-state index in [1.807, 2.05) is 18.5 Å². The van der Waals surface area contributed by atoms with Crippen molar-refractivity contribution in [2.75, 3.05) is 13.1 Å². The Morgan fingerprint density at radius 3 is 2.43 bits per heavy atom. The third-order valence-corrected chi connectivity index (χ3v) is 4.71. The van der Waals surface area contributed by atoms with Crippen molar-refractivity contribution in [1.29, 1.82) is 0 Å². The number of halogens is 1. The van der Waals surface area contributed by atoms with Gasteiger partial charge in [-0.1, -0.05) is 59.7 Å². The number of nitrogens with zero attached hydrogens (tertiary/aromatic N) is 3. The van der Waals surface area contributed by atoms with Crippen LogP contribution in [0.3, 0.4) is 0 Å². The summed E-state index contributed by atoms with van der Waals surface area (Å²) in [5.41, 5.74) is 5.23. The third-order valence-electron chi connectivity index (χ3n) is 4.71. The molecule has 5 nitrogen and oxygen atoms in total. The van der Waals surface area contributed by atoms with Crippen LogP contribution in [0.1, 0.15) is 35.0 Å². The van der Waals surface area contributed by atoms with Gasteiger partial charge >= 0.3 is 0 Å².